The number of nitrogens with one attached hydrogen (secondary N) is 1. The number of benzene rings is 1. The molecule has 3 rings (SSSR count). The van der Waals surface area contributed by atoms with E-state index < -0.39 is 5.54 Å². The van der Waals surface area contributed by atoms with Crippen LogP contribution in [0.4, 0.5) is 15.9 Å². The highest BCUT2D eigenvalue weighted by Gasteiger charge is 2.32. The number of anilines is 2. The molecule has 1 aromatic heterocycles. The molecule has 0 bridgehead atoms. The van der Waals surface area contributed by atoms with E-state index in [-0.39, 0.29) is 5.82 Å². The smallest absolute Gasteiger partial charge is 0.154 e. The van der Waals surface area contributed by atoms with Gasteiger partial charge in [0, 0.05) is 17.0 Å². The Labute approximate surface area is 144 Å². The second-order valence-corrected chi connectivity index (χ2v) is 6.84. The number of halogens is 1. The van der Waals surface area contributed by atoms with Gasteiger partial charge < -0.3 is 15.8 Å². The molecule has 3 N–H and O–H groups in total. The predicted molar refractivity (Wildman–Crippen MR) is 96.5 cm³/mol. The molecule has 0 radical (unpaired) electrons. The minimum absolute atomic E-state index is 0.283. The van der Waals surface area contributed by atoms with Crippen LogP contribution in [0.15, 0.2) is 41.5 Å². The molecule has 1 aliphatic heterocycles. The highest BCUT2D eigenvalue weighted by molar-refractivity contribution is 8.13. The van der Waals surface area contributed by atoms with E-state index in [1.54, 1.807) is 31.5 Å². The minimum Gasteiger partial charge on any atom is -0.495 e. The molecule has 24 heavy (non-hydrogen) atoms. The summed E-state index contributed by atoms with van der Waals surface area (Å²) in [5.74, 6) is 1.87. The molecular weight excluding hydrogens is 327 g/mol. The van der Waals surface area contributed by atoms with Crippen molar-refractivity contribution in [2.45, 2.75) is 18.9 Å². The van der Waals surface area contributed by atoms with Crippen molar-refractivity contribution in [1.29, 1.82) is 0 Å². The Hall–Kier alpha value is -2.28. The van der Waals surface area contributed by atoms with Crippen LogP contribution in [0.25, 0.3) is 0 Å². The number of hydrogen-bond donors (Lipinski definition) is 2. The highest BCUT2D eigenvalue weighted by Crippen LogP contribution is 2.37. The fourth-order valence-electron chi connectivity index (χ4n) is 2.62. The number of rotatable bonds is 4. The van der Waals surface area contributed by atoms with E-state index in [1.165, 1.54) is 17.8 Å². The largest absolute Gasteiger partial charge is 0.495 e. The van der Waals surface area contributed by atoms with E-state index in [0.717, 1.165) is 17.9 Å². The van der Waals surface area contributed by atoms with E-state index in [1.807, 2.05) is 13.0 Å². The molecule has 1 aromatic carbocycles. The molecule has 2 aromatic rings. The summed E-state index contributed by atoms with van der Waals surface area (Å²) in [6.07, 6.45) is 2.36. The van der Waals surface area contributed by atoms with Gasteiger partial charge in [0.1, 0.15) is 17.4 Å². The third-order valence-corrected chi connectivity index (χ3v) is 4.78. The number of thioether (sulfide) groups is 1. The molecule has 0 spiro atoms. The van der Waals surface area contributed by atoms with Crippen molar-refractivity contribution in [2.75, 3.05) is 18.2 Å². The molecule has 0 fully saturated rings. The van der Waals surface area contributed by atoms with Gasteiger partial charge in [0.2, 0.25) is 0 Å². The van der Waals surface area contributed by atoms with Crippen LogP contribution in [0.1, 0.15) is 18.9 Å². The number of pyridine rings is 1. The lowest BCUT2D eigenvalue weighted by atomic mass is 9.89. The summed E-state index contributed by atoms with van der Waals surface area (Å²) < 4.78 is 19.5. The van der Waals surface area contributed by atoms with Crippen molar-refractivity contribution in [3.05, 3.63) is 47.9 Å². The van der Waals surface area contributed by atoms with E-state index in [0.29, 0.717) is 22.3 Å². The van der Waals surface area contributed by atoms with E-state index in [2.05, 4.69) is 15.3 Å². The molecule has 0 amide bonds. The van der Waals surface area contributed by atoms with Gasteiger partial charge in [-0.3, -0.25) is 4.99 Å². The summed E-state index contributed by atoms with van der Waals surface area (Å²) in [7, 11) is 1.59. The summed E-state index contributed by atoms with van der Waals surface area (Å²) in [5, 5.41) is 3.67. The van der Waals surface area contributed by atoms with Gasteiger partial charge >= 0.3 is 0 Å². The van der Waals surface area contributed by atoms with Gasteiger partial charge in [-0.1, -0.05) is 11.8 Å². The molecule has 1 atom stereocenters. The van der Waals surface area contributed by atoms with Crippen LogP contribution in [0.3, 0.4) is 0 Å². The zero-order valence-corrected chi connectivity index (χ0v) is 14.4. The van der Waals surface area contributed by atoms with Gasteiger partial charge in [-0.15, -0.1) is 0 Å². The fourth-order valence-corrected chi connectivity index (χ4v) is 3.59. The van der Waals surface area contributed by atoms with Gasteiger partial charge in [0.25, 0.3) is 0 Å². The second kappa shape index (κ2) is 6.68. The lowest BCUT2D eigenvalue weighted by Crippen LogP contribution is -2.29. The number of aliphatic imine (C=N–C) groups is 1. The van der Waals surface area contributed by atoms with E-state index >= 15 is 0 Å². The maximum atomic E-state index is 14.4. The van der Waals surface area contributed by atoms with Crippen molar-refractivity contribution in [1.82, 2.24) is 4.98 Å². The van der Waals surface area contributed by atoms with Crippen LogP contribution in [-0.4, -0.2) is 23.0 Å². The molecular formula is C17H19FN4OS. The summed E-state index contributed by atoms with van der Waals surface area (Å²) in [6, 6.07) is 8.51. The Morgan fingerprint density at radius 3 is 2.83 bits per heavy atom. The molecule has 0 saturated heterocycles. The SMILES string of the molecule is COc1ccc(Nc2ccc(F)c([C@]3(C)CCSC(N)=N3)c2)nc1. The number of hydrogen-bond acceptors (Lipinski definition) is 6. The monoisotopic (exact) mass is 346 g/mol. The number of amidine groups is 1. The number of ether oxygens (including phenoxy) is 1. The van der Waals surface area contributed by atoms with Gasteiger partial charge in [0.15, 0.2) is 5.17 Å². The molecule has 2 heterocycles. The number of aromatic nitrogens is 1. The van der Waals surface area contributed by atoms with Crippen LogP contribution in [0.2, 0.25) is 0 Å². The van der Waals surface area contributed by atoms with Crippen LogP contribution < -0.4 is 15.8 Å². The normalized spacial score (nSPS) is 20.4. The average Bonchev–Trinajstić information content (AvgIpc) is 2.57. The summed E-state index contributed by atoms with van der Waals surface area (Å²) in [4.78, 5) is 8.73. The first-order chi connectivity index (χ1) is 11.5. The number of nitrogens with two attached hydrogens (primary N) is 1. The Morgan fingerprint density at radius 2 is 2.17 bits per heavy atom. The highest BCUT2D eigenvalue weighted by atomic mass is 32.2. The first-order valence-electron chi connectivity index (χ1n) is 7.55. The minimum atomic E-state index is -0.648. The van der Waals surface area contributed by atoms with Crippen LogP contribution in [-0.2, 0) is 5.54 Å². The standard InChI is InChI=1S/C17H19FN4OS/c1-17(7-8-24-16(19)22-17)13-9-11(3-5-14(13)18)21-15-6-4-12(23-2)10-20-15/h3-6,9-10H,7-8H2,1-2H3,(H2,19,22)(H,20,21)/t17-/m0/s1. The molecule has 7 heteroatoms. The first-order valence-corrected chi connectivity index (χ1v) is 8.54. The Bertz CT molecular complexity index is 766. The molecule has 5 nitrogen and oxygen atoms in total. The molecule has 0 saturated carbocycles. The third-order valence-electron chi connectivity index (χ3n) is 3.99. The van der Waals surface area contributed by atoms with Crippen LogP contribution >= 0.6 is 11.8 Å². The van der Waals surface area contributed by atoms with Crippen molar-refractivity contribution in [3.63, 3.8) is 0 Å². The topological polar surface area (TPSA) is 72.5 Å². The van der Waals surface area contributed by atoms with Gasteiger partial charge in [0.05, 0.1) is 18.8 Å². The molecule has 1 aliphatic rings. The van der Waals surface area contributed by atoms with Gasteiger partial charge in [-0.2, -0.15) is 0 Å². The van der Waals surface area contributed by atoms with Crippen molar-refractivity contribution >= 4 is 28.4 Å². The fraction of sp³-hybridized carbons (Fsp3) is 0.294. The second-order valence-electron chi connectivity index (χ2n) is 5.73. The molecule has 126 valence electrons. The summed E-state index contributed by atoms with van der Waals surface area (Å²) in [6.45, 7) is 1.91. The predicted octanol–water partition coefficient (Wildman–Crippen LogP) is 3.64. The third kappa shape index (κ3) is 3.46. The zero-order valence-electron chi connectivity index (χ0n) is 13.5. The van der Waals surface area contributed by atoms with Crippen molar-refractivity contribution in [2.24, 2.45) is 10.7 Å². The average molecular weight is 346 g/mol. The Balaban J connectivity index is 1.89. The summed E-state index contributed by atoms with van der Waals surface area (Å²) >= 11 is 1.50. The van der Waals surface area contributed by atoms with Gasteiger partial charge in [-0.05, 0) is 43.7 Å². The Kier molecular flexibility index (Phi) is 4.62. The lowest BCUT2D eigenvalue weighted by Gasteiger charge is -2.30. The van der Waals surface area contributed by atoms with E-state index in [4.69, 9.17) is 10.5 Å². The molecule has 0 unspecified atom stereocenters. The maximum absolute atomic E-state index is 14.4. The van der Waals surface area contributed by atoms with Gasteiger partial charge in [-0.25, -0.2) is 9.37 Å². The Morgan fingerprint density at radius 1 is 1.33 bits per heavy atom. The van der Waals surface area contributed by atoms with Crippen molar-refractivity contribution < 1.29 is 9.13 Å². The van der Waals surface area contributed by atoms with Crippen LogP contribution in [0, 0.1) is 5.82 Å². The number of methoxy groups -OCH3 is 1. The van der Waals surface area contributed by atoms with Crippen LogP contribution in [0.5, 0.6) is 5.75 Å². The van der Waals surface area contributed by atoms with Crippen molar-refractivity contribution in [3.8, 4) is 5.75 Å². The summed E-state index contributed by atoms with van der Waals surface area (Å²) in [5.41, 5.74) is 6.47. The molecule has 0 aliphatic carbocycles. The quantitative estimate of drug-likeness (QED) is 0.884. The van der Waals surface area contributed by atoms with E-state index in [9.17, 15) is 4.39 Å². The maximum Gasteiger partial charge on any atom is 0.154 e. The zero-order chi connectivity index (χ0) is 17.2. The number of nitrogens with zero attached hydrogens (tertiary/aromatic N) is 2. The lowest BCUT2D eigenvalue weighted by molar-refractivity contribution is 0.413. The first kappa shape index (κ1) is 16.6.